The van der Waals surface area contributed by atoms with Crippen molar-refractivity contribution in [1.29, 1.82) is 0 Å². The lowest BCUT2D eigenvalue weighted by Gasteiger charge is -2.24. The summed E-state index contributed by atoms with van der Waals surface area (Å²) in [5, 5.41) is 1.02. The molecular weight excluding hydrogens is 393 g/mol. The van der Waals surface area contributed by atoms with Crippen molar-refractivity contribution >= 4 is 39.2 Å². The fourth-order valence-corrected chi connectivity index (χ4v) is 4.69. The number of hydrogen-bond acceptors (Lipinski definition) is 5. The molecule has 0 unspecified atom stereocenters. The maximum Gasteiger partial charge on any atom is 0.232 e. The molecule has 0 radical (unpaired) electrons. The molecule has 148 valence electrons. The number of thioether (sulfide) groups is 1. The summed E-state index contributed by atoms with van der Waals surface area (Å²) in [4.78, 5) is 21.2. The summed E-state index contributed by atoms with van der Waals surface area (Å²) in [5.41, 5.74) is 1.55. The number of carbonyl (C=O) groups is 1. The Labute approximate surface area is 173 Å². The highest BCUT2D eigenvalue weighted by molar-refractivity contribution is 7.99. The topological polar surface area (TPSA) is 36.4 Å². The molecule has 4 nitrogen and oxygen atoms in total. The van der Waals surface area contributed by atoms with Gasteiger partial charge in [-0.3, -0.25) is 4.79 Å². The van der Waals surface area contributed by atoms with E-state index in [2.05, 4.69) is 11.1 Å². The summed E-state index contributed by atoms with van der Waals surface area (Å²) >= 11 is 3.22. The predicted molar refractivity (Wildman–Crippen MR) is 116 cm³/mol. The van der Waals surface area contributed by atoms with Crippen molar-refractivity contribution in [3.8, 4) is 0 Å². The van der Waals surface area contributed by atoms with Crippen molar-refractivity contribution < 1.29 is 9.18 Å². The third-order valence-corrected chi connectivity index (χ3v) is 6.43. The van der Waals surface area contributed by atoms with Gasteiger partial charge in [0, 0.05) is 31.0 Å². The van der Waals surface area contributed by atoms with Crippen LogP contribution >= 0.6 is 23.1 Å². The van der Waals surface area contributed by atoms with Crippen LogP contribution in [0.1, 0.15) is 10.6 Å². The van der Waals surface area contributed by atoms with E-state index in [-0.39, 0.29) is 11.7 Å². The first-order valence-corrected chi connectivity index (χ1v) is 11.1. The lowest BCUT2D eigenvalue weighted by atomic mass is 10.2. The number of benzene rings is 2. The zero-order valence-electron chi connectivity index (χ0n) is 16.1. The highest BCUT2D eigenvalue weighted by Gasteiger charge is 2.16. The molecule has 0 aliphatic carbocycles. The van der Waals surface area contributed by atoms with Crippen LogP contribution in [0.5, 0.6) is 0 Å². The molecule has 0 aliphatic heterocycles. The average Bonchev–Trinajstić information content (AvgIpc) is 3.09. The van der Waals surface area contributed by atoms with Crippen LogP contribution in [0.15, 0.2) is 48.5 Å². The average molecular weight is 418 g/mol. The van der Waals surface area contributed by atoms with Gasteiger partial charge in [-0.15, -0.1) is 23.1 Å². The van der Waals surface area contributed by atoms with Gasteiger partial charge in [0.05, 0.1) is 16.0 Å². The minimum absolute atomic E-state index is 0.0243. The Morgan fingerprint density at radius 3 is 2.61 bits per heavy atom. The van der Waals surface area contributed by atoms with E-state index < -0.39 is 0 Å². The fraction of sp³-hybridized carbons (Fsp3) is 0.333. The summed E-state index contributed by atoms with van der Waals surface area (Å²) < 4.78 is 15.2. The number of para-hydroxylation sites is 1. The van der Waals surface area contributed by atoms with E-state index in [1.165, 1.54) is 6.07 Å². The van der Waals surface area contributed by atoms with E-state index in [1.54, 1.807) is 46.2 Å². The number of halogens is 1. The summed E-state index contributed by atoms with van der Waals surface area (Å²) in [7, 11) is 3.93. The Morgan fingerprint density at radius 2 is 1.86 bits per heavy atom. The maximum atomic E-state index is 14.0. The van der Waals surface area contributed by atoms with Gasteiger partial charge in [-0.25, -0.2) is 9.37 Å². The van der Waals surface area contributed by atoms with Gasteiger partial charge in [0.1, 0.15) is 10.8 Å². The molecule has 0 saturated carbocycles. The van der Waals surface area contributed by atoms with Gasteiger partial charge in [0.25, 0.3) is 0 Å². The van der Waals surface area contributed by atoms with E-state index in [1.807, 2.05) is 37.2 Å². The van der Waals surface area contributed by atoms with E-state index >= 15 is 0 Å². The van der Waals surface area contributed by atoms with Crippen LogP contribution in [0.2, 0.25) is 0 Å². The summed E-state index contributed by atoms with van der Waals surface area (Å²) in [6, 6.07) is 14.7. The van der Waals surface area contributed by atoms with Gasteiger partial charge in [-0.2, -0.15) is 0 Å². The molecule has 1 aromatic heterocycles. The molecule has 3 aromatic rings. The van der Waals surface area contributed by atoms with Gasteiger partial charge in [-0.05, 0) is 32.3 Å². The first-order valence-electron chi connectivity index (χ1n) is 9.11. The molecule has 0 fully saturated rings. The SMILES string of the molecule is CN(C)CCN(Cc1ccccc1F)C(=O)CSCc1nc2ccccc2s1. The lowest BCUT2D eigenvalue weighted by Crippen LogP contribution is -2.37. The summed E-state index contributed by atoms with van der Waals surface area (Å²) in [6.45, 7) is 1.60. The molecule has 3 rings (SSSR count). The lowest BCUT2D eigenvalue weighted by molar-refractivity contribution is -0.129. The van der Waals surface area contributed by atoms with Crippen LogP contribution in [0, 0.1) is 5.82 Å². The Bertz CT molecular complexity index is 896. The molecule has 0 N–H and O–H groups in total. The summed E-state index contributed by atoms with van der Waals surface area (Å²) in [6.07, 6.45) is 0. The third kappa shape index (κ3) is 5.77. The van der Waals surface area contributed by atoms with Crippen molar-refractivity contribution in [3.05, 3.63) is 64.9 Å². The molecule has 0 aliphatic rings. The quantitative estimate of drug-likeness (QED) is 0.521. The Hall–Kier alpha value is -1.96. The minimum atomic E-state index is -0.271. The maximum absolute atomic E-state index is 14.0. The number of rotatable bonds is 9. The largest absolute Gasteiger partial charge is 0.336 e. The normalized spacial score (nSPS) is 11.3. The smallest absolute Gasteiger partial charge is 0.232 e. The van der Waals surface area contributed by atoms with Crippen LogP contribution in [-0.4, -0.2) is 53.6 Å². The molecule has 2 aromatic carbocycles. The molecule has 0 bridgehead atoms. The number of carbonyl (C=O) groups excluding carboxylic acids is 1. The van der Waals surface area contributed by atoms with Gasteiger partial charge in [0.15, 0.2) is 0 Å². The highest BCUT2D eigenvalue weighted by atomic mass is 32.2. The van der Waals surface area contributed by atoms with E-state index in [4.69, 9.17) is 0 Å². The van der Waals surface area contributed by atoms with Crippen molar-refractivity contribution in [2.75, 3.05) is 32.9 Å². The molecular formula is C21H24FN3OS2. The minimum Gasteiger partial charge on any atom is -0.336 e. The number of likely N-dealkylation sites (N-methyl/N-ethyl adjacent to an activating group) is 1. The van der Waals surface area contributed by atoms with Crippen molar-refractivity contribution in [2.24, 2.45) is 0 Å². The van der Waals surface area contributed by atoms with Gasteiger partial charge in [-0.1, -0.05) is 30.3 Å². The monoisotopic (exact) mass is 417 g/mol. The number of aromatic nitrogens is 1. The van der Waals surface area contributed by atoms with Crippen LogP contribution in [-0.2, 0) is 17.1 Å². The van der Waals surface area contributed by atoms with Gasteiger partial charge < -0.3 is 9.80 Å². The molecule has 0 saturated heterocycles. The molecule has 1 amide bonds. The van der Waals surface area contributed by atoms with E-state index in [9.17, 15) is 9.18 Å². The van der Waals surface area contributed by atoms with Gasteiger partial charge >= 0.3 is 0 Å². The second-order valence-corrected chi connectivity index (χ2v) is 8.88. The predicted octanol–water partition coefficient (Wildman–Crippen LogP) is 4.26. The fourth-order valence-electron chi connectivity index (χ4n) is 2.74. The van der Waals surface area contributed by atoms with Crippen molar-refractivity contribution in [1.82, 2.24) is 14.8 Å². The second-order valence-electron chi connectivity index (χ2n) is 6.78. The van der Waals surface area contributed by atoms with Crippen LogP contribution in [0.25, 0.3) is 10.2 Å². The van der Waals surface area contributed by atoms with Crippen molar-refractivity contribution in [3.63, 3.8) is 0 Å². The first kappa shape index (κ1) is 20.8. The molecule has 0 atom stereocenters. The third-order valence-electron chi connectivity index (χ3n) is 4.28. The standard InChI is InChI=1S/C21H24FN3OS2/c1-24(2)11-12-25(13-16-7-3-4-8-17(16)22)21(26)15-27-14-20-23-18-9-5-6-10-19(18)28-20/h3-10H,11-15H2,1-2H3. The van der Waals surface area contributed by atoms with E-state index in [0.29, 0.717) is 30.2 Å². The Morgan fingerprint density at radius 1 is 1.11 bits per heavy atom. The Kier molecular flexibility index (Phi) is 7.42. The van der Waals surface area contributed by atoms with Crippen LogP contribution in [0.3, 0.4) is 0 Å². The number of fused-ring (bicyclic) bond motifs is 1. The van der Waals surface area contributed by atoms with E-state index in [0.717, 1.165) is 21.8 Å². The number of nitrogens with zero attached hydrogens (tertiary/aromatic N) is 3. The Balaban J connectivity index is 1.59. The van der Waals surface area contributed by atoms with Crippen molar-refractivity contribution in [2.45, 2.75) is 12.3 Å². The van der Waals surface area contributed by atoms with Crippen LogP contribution in [0.4, 0.5) is 4.39 Å². The number of amides is 1. The highest BCUT2D eigenvalue weighted by Crippen LogP contribution is 2.25. The van der Waals surface area contributed by atoms with Gasteiger partial charge in [0.2, 0.25) is 5.91 Å². The number of thiazole rings is 1. The molecule has 28 heavy (non-hydrogen) atoms. The second kappa shape index (κ2) is 10.0. The zero-order chi connectivity index (χ0) is 19.9. The van der Waals surface area contributed by atoms with Crippen LogP contribution < -0.4 is 0 Å². The zero-order valence-corrected chi connectivity index (χ0v) is 17.7. The molecule has 1 heterocycles. The number of hydrogen-bond donors (Lipinski definition) is 0. The molecule has 0 spiro atoms. The summed E-state index contributed by atoms with van der Waals surface area (Å²) in [5.74, 6) is 0.813. The molecule has 7 heteroatoms. The first-order chi connectivity index (χ1) is 13.5.